The van der Waals surface area contributed by atoms with Gasteiger partial charge >= 0.3 is 0 Å². The highest BCUT2D eigenvalue weighted by atomic mass is 19.1. The summed E-state index contributed by atoms with van der Waals surface area (Å²) in [6.07, 6.45) is 1.68. The molecule has 1 heterocycles. The molecule has 2 N–H and O–H groups in total. The van der Waals surface area contributed by atoms with E-state index in [0.717, 1.165) is 37.4 Å². The van der Waals surface area contributed by atoms with Gasteiger partial charge in [-0.05, 0) is 31.9 Å². The molecule has 1 aliphatic heterocycles. The highest BCUT2D eigenvalue weighted by Gasteiger charge is 2.25. The average Bonchev–Trinajstić information content (AvgIpc) is 2.80. The monoisotopic (exact) mass is 266 g/mol. The van der Waals surface area contributed by atoms with Gasteiger partial charge in [0.25, 0.3) is 0 Å². The molecule has 4 heteroatoms. The minimum atomic E-state index is -0.148. The number of hydrogen-bond acceptors (Lipinski definition) is 3. The van der Waals surface area contributed by atoms with Crippen molar-refractivity contribution in [2.45, 2.75) is 25.8 Å². The zero-order valence-electron chi connectivity index (χ0n) is 11.7. The Balaban J connectivity index is 2.18. The fourth-order valence-electron chi connectivity index (χ4n) is 2.79. The van der Waals surface area contributed by atoms with Crippen LogP contribution in [0.25, 0.3) is 0 Å². The lowest BCUT2D eigenvalue weighted by molar-refractivity contribution is 0.161. The van der Waals surface area contributed by atoms with Crippen molar-refractivity contribution >= 4 is 5.69 Å². The van der Waals surface area contributed by atoms with Gasteiger partial charge in [-0.25, -0.2) is 4.39 Å². The number of nitrogens with two attached hydrogens (primary N) is 1. The van der Waals surface area contributed by atoms with E-state index in [1.807, 2.05) is 13.0 Å². The molecule has 2 rings (SSSR count). The molecule has 0 aliphatic carbocycles. The highest BCUT2D eigenvalue weighted by Crippen LogP contribution is 2.29. The molecule has 3 nitrogen and oxygen atoms in total. The summed E-state index contributed by atoms with van der Waals surface area (Å²) >= 11 is 0. The van der Waals surface area contributed by atoms with E-state index in [9.17, 15) is 4.39 Å². The van der Waals surface area contributed by atoms with Crippen molar-refractivity contribution in [2.75, 3.05) is 31.7 Å². The molecule has 1 aromatic carbocycles. The topological polar surface area (TPSA) is 38.5 Å². The fourth-order valence-corrected chi connectivity index (χ4v) is 2.79. The van der Waals surface area contributed by atoms with Gasteiger partial charge in [0.15, 0.2) is 0 Å². The van der Waals surface area contributed by atoms with Gasteiger partial charge in [-0.3, -0.25) is 0 Å². The molecule has 1 aromatic rings. The first-order valence-electron chi connectivity index (χ1n) is 6.88. The van der Waals surface area contributed by atoms with Gasteiger partial charge in [0, 0.05) is 43.4 Å². The summed E-state index contributed by atoms with van der Waals surface area (Å²) in [5.74, 6) is 0.390. The Kier molecular flexibility index (Phi) is 4.77. The summed E-state index contributed by atoms with van der Waals surface area (Å²) in [4.78, 5) is 2.25. The SMILES string of the molecule is COCC1CCN(c2cccc(F)c2CC(C)N)C1. The second-order valence-electron chi connectivity index (χ2n) is 5.47. The highest BCUT2D eigenvalue weighted by molar-refractivity contribution is 5.55. The second-order valence-corrected chi connectivity index (χ2v) is 5.47. The minimum absolute atomic E-state index is 0.0342. The van der Waals surface area contributed by atoms with Crippen LogP contribution in [0.1, 0.15) is 18.9 Å². The van der Waals surface area contributed by atoms with Crippen LogP contribution in [0.3, 0.4) is 0 Å². The predicted molar refractivity (Wildman–Crippen MR) is 75.9 cm³/mol. The third kappa shape index (κ3) is 3.45. The standard InChI is InChI=1S/C15H23FN2O/c1-11(17)8-13-14(16)4-3-5-15(13)18-7-6-12(9-18)10-19-2/h3-5,11-12H,6-10,17H2,1-2H3. The molecule has 19 heavy (non-hydrogen) atoms. The van der Waals surface area contributed by atoms with E-state index in [1.165, 1.54) is 6.07 Å². The maximum atomic E-state index is 14.0. The maximum absolute atomic E-state index is 14.0. The molecule has 0 bridgehead atoms. The molecule has 0 amide bonds. The number of benzene rings is 1. The number of anilines is 1. The maximum Gasteiger partial charge on any atom is 0.128 e. The zero-order valence-corrected chi connectivity index (χ0v) is 11.7. The van der Waals surface area contributed by atoms with Gasteiger partial charge in [-0.15, -0.1) is 0 Å². The van der Waals surface area contributed by atoms with Crippen LogP contribution in [0.2, 0.25) is 0 Å². The fraction of sp³-hybridized carbons (Fsp3) is 0.600. The van der Waals surface area contributed by atoms with E-state index in [1.54, 1.807) is 13.2 Å². The summed E-state index contributed by atoms with van der Waals surface area (Å²) in [6, 6.07) is 5.26. The van der Waals surface area contributed by atoms with Crippen LogP contribution in [0.4, 0.5) is 10.1 Å². The lowest BCUT2D eigenvalue weighted by Gasteiger charge is -2.23. The molecule has 0 spiro atoms. The summed E-state index contributed by atoms with van der Waals surface area (Å²) < 4.78 is 19.2. The van der Waals surface area contributed by atoms with Crippen LogP contribution in [0.15, 0.2) is 18.2 Å². The molecular weight excluding hydrogens is 243 g/mol. The third-order valence-corrected chi connectivity index (χ3v) is 3.65. The van der Waals surface area contributed by atoms with Crippen molar-refractivity contribution in [3.05, 3.63) is 29.6 Å². The molecule has 0 aromatic heterocycles. The number of rotatable bonds is 5. The molecule has 106 valence electrons. The lowest BCUT2D eigenvalue weighted by atomic mass is 10.0. The second kappa shape index (κ2) is 6.35. The summed E-state index contributed by atoms with van der Waals surface area (Å²) in [6.45, 7) is 4.58. The van der Waals surface area contributed by atoms with Crippen LogP contribution >= 0.6 is 0 Å². The first kappa shape index (κ1) is 14.3. The van der Waals surface area contributed by atoms with Crippen molar-refractivity contribution in [3.8, 4) is 0 Å². The minimum Gasteiger partial charge on any atom is -0.384 e. The third-order valence-electron chi connectivity index (χ3n) is 3.65. The molecule has 1 saturated heterocycles. The number of halogens is 1. The Bertz CT molecular complexity index is 423. The number of ether oxygens (including phenoxy) is 1. The lowest BCUT2D eigenvalue weighted by Crippen LogP contribution is -2.25. The number of hydrogen-bond donors (Lipinski definition) is 1. The van der Waals surface area contributed by atoms with E-state index in [2.05, 4.69) is 4.90 Å². The van der Waals surface area contributed by atoms with Gasteiger partial charge in [0.2, 0.25) is 0 Å². The van der Waals surface area contributed by atoms with E-state index < -0.39 is 0 Å². The molecule has 0 saturated carbocycles. The first-order valence-corrected chi connectivity index (χ1v) is 6.88. The molecule has 1 aliphatic rings. The molecule has 2 unspecified atom stereocenters. The van der Waals surface area contributed by atoms with Gasteiger partial charge in [0.05, 0.1) is 6.61 Å². The van der Waals surface area contributed by atoms with Crippen LogP contribution in [-0.4, -0.2) is 32.8 Å². The van der Waals surface area contributed by atoms with E-state index >= 15 is 0 Å². The molecular formula is C15H23FN2O. The van der Waals surface area contributed by atoms with Crippen LogP contribution < -0.4 is 10.6 Å². The van der Waals surface area contributed by atoms with Crippen molar-refractivity contribution in [1.29, 1.82) is 0 Å². The molecule has 1 fully saturated rings. The Morgan fingerprint density at radius 1 is 1.53 bits per heavy atom. The quantitative estimate of drug-likeness (QED) is 0.888. The summed E-state index contributed by atoms with van der Waals surface area (Å²) in [5.41, 5.74) is 7.57. The van der Waals surface area contributed by atoms with E-state index in [-0.39, 0.29) is 11.9 Å². The zero-order chi connectivity index (χ0) is 13.8. The van der Waals surface area contributed by atoms with Crippen LogP contribution in [0, 0.1) is 11.7 Å². The van der Waals surface area contributed by atoms with Crippen molar-refractivity contribution in [2.24, 2.45) is 11.7 Å². The van der Waals surface area contributed by atoms with Gasteiger partial charge in [-0.1, -0.05) is 6.07 Å². The largest absolute Gasteiger partial charge is 0.384 e. The molecule has 0 radical (unpaired) electrons. The Morgan fingerprint density at radius 2 is 2.32 bits per heavy atom. The summed E-state index contributed by atoms with van der Waals surface area (Å²) in [7, 11) is 1.73. The number of methoxy groups -OCH3 is 1. The predicted octanol–water partition coefficient (Wildman–Crippen LogP) is 2.19. The Hall–Kier alpha value is -1.13. The Morgan fingerprint density at radius 3 is 3.00 bits per heavy atom. The van der Waals surface area contributed by atoms with Gasteiger partial charge < -0.3 is 15.4 Å². The van der Waals surface area contributed by atoms with Gasteiger partial charge in [-0.2, -0.15) is 0 Å². The van der Waals surface area contributed by atoms with Crippen molar-refractivity contribution < 1.29 is 9.13 Å². The van der Waals surface area contributed by atoms with E-state index in [0.29, 0.717) is 12.3 Å². The van der Waals surface area contributed by atoms with Gasteiger partial charge in [0.1, 0.15) is 5.82 Å². The normalized spacial score (nSPS) is 20.8. The average molecular weight is 266 g/mol. The van der Waals surface area contributed by atoms with Crippen LogP contribution in [-0.2, 0) is 11.2 Å². The molecule has 2 atom stereocenters. The Labute approximate surface area is 114 Å². The summed E-state index contributed by atoms with van der Waals surface area (Å²) in [5, 5.41) is 0. The van der Waals surface area contributed by atoms with E-state index in [4.69, 9.17) is 10.5 Å². The van der Waals surface area contributed by atoms with Crippen LogP contribution in [0.5, 0.6) is 0 Å². The number of nitrogens with zero attached hydrogens (tertiary/aromatic N) is 1. The smallest absolute Gasteiger partial charge is 0.128 e. The van der Waals surface area contributed by atoms with Crippen molar-refractivity contribution in [3.63, 3.8) is 0 Å². The van der Waals surface area contributed by atoms with Crippen molar-refractivity contribution in [1.82, 2.24) is 0 Å². The first-order chi connectivity index (χ1) is 9.11.